The number of amides is 1. The maximum atomic E-state index is 11.9. The molecule has 1 aliphatic heterocycles. The van der Waals surface area contributed by atoms with Crippen LogP contribution in [0.2, 0.25) is 0 Å². The number of hydrogen-bond acceptors (Lipinski definition) is 2. The summed E-state index contributed by atoms with van der Waals surface area (Å²) in [6, 6.07) is 0.540. The highest BCUT2D eigenvalue weighted by atomic mass is 16.2. The van der Waals surface area contributed by atoms with Gasteiger partial charge in [-0.15, -0.1) is 0 Å². The largest absolute Gasteiger partial charge is 0.325 e. The van der Waals surface area contributed by atoms with Crippen LogP contribution in [0.5, 0.6) is 0 Å². The highest BCUT2D eigenvalue weighted by Crippen LogP contribution is 2.31. The van der Waals surface area contributed by atoms with E-state index < -0.39 is 0 Å². The Morgan fingerprint density at radius 2 is 2.13 bits per heavy atom. The molecule has 2 aliphatic rings. The molecule has 86 valence electrons. The van der Waals surface area contributed by atoms with Crippen LogP contribution in [0, 0.1) is 5.92 Å². The molecule has 1 saturated heterocycles. The van der Waals surface area contributed by atoms with E-state index >= 15 is 0 Å². The second kappa shape index (κ2) is 4.52. The topological polar surface area (TPSA) is 32.3 Å². The molecule has 2 fully saturated rings. The van der Waals surface area contributed by atoms with Crippen molar-refractivity contribution in [1.82, 2.24) is 10.2 Å². The monoisotopic (exact) mass is 210 g/mol. The maximum absolute atomic E-state index is 11.9. The SMILES string of the molecule is CCC1CCCCC1N1CNC(C)C1=O. The Labute approximate surface area is 92.2 Å². The number of rotatable bonds is 2. The van der Waals surface area contributed by atoms with Gasteiger partial charge in [-0.05, 0) is 25.7 Å². The predicted octanol–water partition coefficient (Wildman–Crippen LogP) is 1.73. The molecular formula is C12H22N2O. The average molecular weight is 210 g/mol. The van der Waals surface area contributed by atoms with Crippen LogP contribution in [0.15, 0.2) is 0 Å². The first kappa shape index (κ1) is 10.9. The Bertz CT molecular complexity index is 242. The zero-order valence-electron chi connectivity index (χ0n) is 9.83. The summed E-state index contributed by atoms with van der Waals surface area (Å²) in [4.78, 5) is 14.0. The fourth-order valence-electron chi connectivity index (χ4n) is 3.00. The number of nitrogens with zero attached hydrogens (tertiary/aromatic N) is 1. The molecule has 1 saturated carbocycles. The summed E-state index contributed by atoms with van der Waals surface area (Å²) in [6.07, 6.45) is 6.36. The van der Waals surface area contributed by atoms with Crippen molar-refractivity contribution in [3.63, 3.8) is 0 Å². The van der Waals surface area contributed by atoms with Crippen LogP contribution in [-0.2, 0) is 4.79 Å². The minimum atomic E-state index is 0.0319. The molecule has 2 rings (SSSR count). The van der Waals surface area contributed by atoms with Crippen LogP contribution in [-0.4, -0.2) is 29.6 Å². The predicted molar refractivity (Wildman–Crippen MR) is 60.3 cm³/mol. The number of hydrogen-bond donors (Lipinski definition) is 1. The van der Waals surface area contributed by atoms with E-state index in [1.807, 2.05) is 6.92 Å². The molecule has 3 nitrogen and oxygen atoms in total. The molecule has 1 aliphatic carbocycles. The quantitative estimate of drug-likeness (QED) is 0.753. The molecule has 1 heterocycles. The van der Waals surface area contributed by atoms with Gasteiger partial charge in [0.05, 0.1) is 12.7 Å². The third kappa shape index (κ3) is 2.03. The molecule has 3 heteroatoms. The summed E-state index contributed by atoms with van der Waals surface area (Å²) in [6.45, 7) is 4.98. The van der Waals surface area contributed by atoms with E-state index in [4.69, 9.17) is 0 Å². The average Bonchev–Trinajstić information content (AvgIpc) is 2.60. The molecular weight excluding hydrogens is 188 g/mol. The van der Waals surface area contributed by atoms with Gasteiger partial charge in [-0.3, -0.25) is 10.1 Å². The maximum Gasteiger partial charge on any atom is 0.240 e. The Morgan fingerprint density at radius 3 is 2.73 bits per heavy atom. The lowest BCUT2D eigenvalue weighted by Gasteiger charge is -2.37. The molecule has 1 amide bonds. The van der Waals surface area contributed by atoms with Gasteiger partial charge >= 0.3 is 0 Å². The Hall–Kier alpha value is -0.570. The lowest BCUT2D eigenvalue weighted by molar-refractivity contribution is -0.132. The van der Waals surface area contributed by atoms with Crippen molar-refractivity contribution in [2.75, 3.05) is 6.67 Å². The smallest absolute Gasteiger partial charge is 0.240 e. The second-order valence-corrected chi connectivity index (χ2v) is 4.91. The van der Waals surface area contributed by atoms with Gasteiger partial charge in [0.15, 0.2) is 0 Å². The zero-order chi connectivity index (χ0) is 10.8. The summed E-state index contributed by atoms with van der Waals surface area (Å²) in [5.74, 6) is 1.04. The Balaban J connectivity index is 2.04. The Morgan fingerprint density at radius 1 is 1.40 bits per heavy atom. The van der Waals surface area contributed by atoms with Gasteiger partial charge in [-0.25, -0.2) is 0 Å². The van der Waals surface area contributed by atoms with Gasteiger partial charge in [0.25, 0.3) is 0 Å². The lowest BCUT2D eigenvalue weighted by Crippen LogP contribution is -2.44. The van der Waals surface area contributed by atoms with Gasteiger partial charge in [0.1, 0.15) is 0 Å². The van der Waals surface area contributed by atoms with Crippen molar-refractivity contribution < 1.29 is 4.79 Å². The van der Waals surface area contributed by atoms with Crippen LogP contribution >= 0.6 is 0 Å². The van der Waals surface area contributed by atoms with Crippen LogP contribution in [0.3, 0.4) is 0 Å². The molecule has 0 spiro atoms. The van der Waals surface area contributed by atoms with Crippen LogP contribution in [0.25, 0.3) is 0 Å². The molecule has 0 radical (unpaired) electrons. The normalized spacial score (nSPS) is 37.3. The summed E-state index contributed by atoms with van der Waals surface area (Å²) in [5, 5.41) is 3.24. The molecule has 0 aromatic carbocycles. The highest BCUT2D eigenvalue weighted by molar-refractivity contribution is 5.83. The van der Waals surface area contributed by atoms with Gasteiger partial charge in [0.2, 0.25) is 5.91 Å². The van der Waals surface area contributed by atoms with E-state index in [0.717, 1.165) is 12.6 Å². The van der Waals surface area contributed by atoms with Crippen molar-refractivity contribution in [1.29, 1.82) is 0 Å². The molecule has 1 N–H and O–H groups in total. The van der Waals surface area contributed by atoms with Crippen molar-refractivity contribution in [3.05, 3.63) is 0 Å². The third-order valence-corrected chi connectivity index (χ3v) is 4.01. The minimum absolute atomic E-state index is 0.0319. The van der Waals surface area contributed by atoms with Gasteiger partial charge in [-0.2, -0.15) is 0 Å². The van der Waals surface area contributed by atoms with Crippen molar-refractivity contribution >= 4 is 5.91 Å². The summed E-state index contributed by atoms with van der Waals surface area (Å²) < 4.78 is 0. The first-order valence-electron chi connectivity index (χ1n) is 6.28. The second-order valence-electron chi connectivity index (χ2n) is 4.91. The minimum Gasteiger partial charge on any atom is -0.325 e. The van der Waals surface area contributed by atoms with Gasteiger partial charge in [-0.1, -0.05) is 26.2 Å². The van der Waals surface area contributed by atoms with Crippen LogP contribution < -0.4 is 5.32 Å². The molecule has 3 unspecified atom stereocenters. The van der Waals surface area contributed by atoms with E-state index in [0.29, 0.717) is 11.9 Å². The van der Waals surface area contributed by atoms with Crippen molar-refractivity contribution in [2.45, 2.75) is 58.0 Å². The zero-order valence-corrected chi connectivity index (χ0v) is 9.83. The number of carbonyl (C=O) groups is 1. The fraction of sp³-hybridized carbons (Fsp3) is 0.917. The van der Waals surface area contributed by atoms with Crippen LogP contribution in [0.1, 0.15) is 46.0 Å². The lowest BCUT2D eigenvalue weighted by atomic mass is 9.82. The third-order valence-electron chi connectivity index (χ3n) is 4.01. The van der Waals surface area contributed by atoms with Crippen molar-refractivity contribution in [3.8, 4) is 0 Å². The standard InChI is InChI=1S/C12H22N2O/c1-3-10-6-4-5-7-11(10)14-8-13-9(2)12(14)15/h9-11,13H,3-8H2,1-2H3. The summed E-state index contributed by atoms with van der Waals surface area (Å²) >= 11 is 0. The van der Waals surface area contributed by atoms with E-state index in [9.17, 15) is 4.79 Å². The molecule has 0 aromatic rings. The highest BCUT2D eigenvalue weighted by Gasteiger charge is 2.37. The number of nitrogens with one attached hydrogen (secondary N) is 1. The summed E-state index contributed by atoms with van der Waals surface area (Å²) in [5.41, 5.74) is 0. The van der Waals surface area contributed by atoms with Gasteiger partial charge < -0.3 is 4.90 Å². The first-order valence-corrected chi connectivity index (χ1v) is 6.28. The molecule has 0 bridgehead atoms. The first-order chi connectivity index (χ1) is 7.24. The molecule has 3 atom stereocenters. The van der Waals surface area contributed by atoms with Crippen LogP contribution in [0.4, 0.5) is 0 Å². The van der Waals surface area contributed by atoms with E-state index in [1.54, 1.807) is 0 Å². The van der Waals surface area contributed by atoms with Crippen molar-refractivity contribution in [2.24, 2.45) is 5.92 Å². The van der Waals surface area contributed by atoms with Gasteiger partial charge in [0, 0.05) is 6.04 Å². The van der Waals surface area contributed by atoms with E-state index in [-0.39, 0.29) is 6.04 Å². The van der Waals surface area contributed by atoms with E-state index in [2.05, 4.69) is 17.1 Å². The Kier molecular flexibility index (Phi) is 3.29. The molecule has 15 heavy (non-hydrogen) atoms. The fourth-order valence-corrected chi connectivity index (χ4v) is 3.00. The number of carbonyl (C=O) groups excluding carboxylic acids is 1. The van der Waals surface area contributed by atoms with E-state index in [1.165, 1.54) is 32.1 Å². The summed E-state index contributed by atoms with van der Waals surface area (Å²) in [7, 11) is 0. The molecule has 0 aromatic heterocycles.